The standard InChI is InChI=1S/C18H22N2O/c1-13-6-8-15(9-7-13)17(20-19)12-18-16-5-3-2-4-14(16)10-11-21-18/h2-9,17-18,20H,10-12,19H2,1H3. The molecule has 2 aromatic rings. The largest absolute Gasteiger partial charge is 0.373 e. The zero-order valence-electron chi connectivity index (χ0n) is 12.4. The lowest BCUT2D eigenvalue weighted by molar-refractivity contribution is 0.0293. The minimum Gasteiger partial charge on any atom is -0.373 e. The van der Waals surface area contributed by atoms with Gasteiger partial charge in [-0.2, -0.15) is 0 Å². The van der Waals surface area contributed by atoms with Crippen LogP contribution >= 0.6 is 0 Å². The van der Waals surface area contributed by atoms with Crippen LogP contribution in [0.25, 0.3) is 0 Å². The number of hydrazine groups is 1. The maximum Gasteiger partial charge on any atom is 0.0846 e. The molecule has 0 saturated carbocycles. The van der Waals surface area contributed by atoms with Crippen molar-refractivity contribution in [3.05, 3.63) is 70.8 Å². The van der Waals surface area contributed by atoms with Crippen LogP contribution in [-0.2, 0) is 11.2 Å². The fraction of sp³-hybridized carbons (Fsp3) is 0.333. The number of hydrogen-bond donors (Lipinski definition) is 2. The number of rotatable bonds is 4. The van der Waals surface area contributed by atoms with Crippen LogP contribution in [0.4, 0.5) is 0 Å². The zero-order chi connectivity index (χ0) is 14.7. The van der Waals surface area contributed by atoms with E-state index in [1.807, 2.05) is 0 Å². The van der Waals surface area contributed by atoms with E-state index in [-0.39, 0.29) is 12.1 Å². The van der Waals surface area contributed by atoms with E-state index in [1.165, 1.54) is 22.3 Å². The summed E-state index contributed by atoms with van der Waals surface area (Å²) in [7, 11) is 0. The predicted octanol–water partition coefficient (Wildman–Crippen LogP) is 3.20. The Morgan fingerprint density at radius 1 is 1.19 bits per heavy atom. The van der Waals surface area contributed by atoms with E-state index in [9.17, 15) is 0 Å². The second kappa shape index (κ2) is 6.39. The van der Waals surface area contributed by atoms with Gasteiger partial charge in [0, 0.05) is 6.04 Å². The van der Waals surface area contributed by atoms with Crippen molar-refractivity contribution in [2.45, 2.75) is 31.9 Å². The van der Waals surface area contributed by atoms with Gasteiger partial charge in [0.1, 0.15) is 0 Å². The summed E-state index contributed by atoms with van der Waals surface area (Å²) in [5.74, 6) is 5.77. The van der Waals surface area contributed by atoms with Crippen LogP contribution in [-0.4, -0.2) is 6.61 Å². The normalized spacial score (nSPS) is 19.0. The van der Waals surface area contributed by atoms with Gasteiger partial charge in [0.25, 0.3) is 0 Å². The topological polar surface area (TPSA) is 47.3 Å². The van der Waals surface area contributed by atoms with Gasteiger partial charge in [-0.25, -0.2) is 0 Å². The molecule has 1 heterocycles. The number of nitrogens with one attached hydrogen (secondary N) is 1. The minimum absolute atomic E-state index is 0.0988. The van der Waals surface area contributed by atoms with Crippen LogP contribution in [0.1, 0.15) is 40.8 Å². The van der Waals surface area contributed by atoms with Gasteiger partial charge in [0.15, 0.2) is 0 Å². The second-order valence-electron chi connectivity index (χ2n) is 5.67. The predicted molar refractivity (Wildman–Crippen MR) is 84.7 cm³/mol. The summed E-state index contributed by atoms with van der Waals surface area (Å²) >= 11 is 0. The van der Waals surface area contributed by atoms with Crippen molar-refractivity contribution in [1.82, 2.24) is 5.43 Å². The van der Waals surface area contributed by atoms with Crippen LogP contribution in [0, 0.1) is 6.92 Å². The van der Waals surface area contributed by atoms with Gasteiger partial charge in [0.05, 0.1) is 12.7 Å². The van der Waals surface area contributed by atoms with Gasteiger partial charge < -0.3 is 4.74 Å². The maximum atomic E-state index is 5.99. The first-order valence-electron chi connectivity index (χ1n) is 7.50. The molecule has 2 aromatic carbocycles. The summed E-state index contributed by atoms with van der Waals surface area (Å²) < 4.78 is 5.99. The molecule has 0 saturated heterocycles. The van der Waals surface area contributed by atoms with Gasteiger partial charge in [-0.1, -0.05) is 54.1 Å². The summed E-state index contributed by atoms with van der Waals surface area (Å²) in [5, 5.41) is 0. The minimum atomic E-state index is 0.0988. The van der Waals surface area contributed by atoms with Crippen molar-refractivity contribution >= 4 is 0 Å². The Labute approximate surface area is 126 Å². The van der Waals surface area contributed by atoms with Gasteiger partial charge in [-0.3, -0.25) is 11.3 Å². The van der Waals surface area contributed by atoms with Crippen molar-refractivity contribution in [1.29, 1.82) is 0 Å². The Kier molecular flexibility index (Phi) is 4.34. The molecule has 0 aromatic heterocycles. The lowest BCUT2D eigenvalue weighted by atomic mass is 9.91. The third-order valence-corrected chi connectivity index (χ3v) is 4.22. The maximum absolute atomic E-state index is 5.99. The van der Waals surface area contributed by atoms with Crippen molar-refractivity contribution in [3.63, 3.8) is 0 Å². The molecule has 0 radical (unpaired) electrons. The molecule has 3 N–H and O–H groups in total. The fourth-order valence-corrected chi connectivity index (χ4v) is 2.99. The number of benzene rings is 2. The van der Waals surface area contributed by atoms with Crippen molar-refractivity contribution in [2.24, 2.45) is 5.84 Å². The van der Waals surface area contributed by atoms with Crippen molar-refractivity contribution < 1.29 is 4.74 Å². The van der Waals surface area contributed by atoms with Crippen LogP contribution in [0.2, 0.25) is 0 Å². The first-order valence-corrected chi connectivity index (χ1v) is 7.50. The van der Waals surface area contributed by atoms with E-state index in [4.69, 9.17) is 10.6 Å². The van der Waals surface area contributed by atoms with E-state index >= 15 is 0 Å². The first kappa shape index (κ1) is 14.3. The average Bonchev–Trinajstić information content (AvgIpc) is 2.54. The fourth-order valence-electron chi connectivity index (χ4n) is 2.99. The highest BCUT2D eigenvalue weighted by atomic mass is 16.5. The summed E-state index contributed by atoms with van der Waals surface area (Å²) in [6, 6.07) is 17.1. The van der Waals surface area contributed by atoms with Gasteiger partial charge in [0.2, 0.25) is 0 Å². The third kappa shape index (κ3) is 3.16. The van der Waals surface area contributed by atoms with Crippen LogP contribution < -0.4 is 11.3 Å². The molecule has 0 bridgehead atoms. The van der Waals surface area contributed by atoms with Crippen LogP contribution in [0.15, 0.2) is 48.5 Å². The SMILES string of the molecule is Cc1ccc(C(CC2OCCc3ccccc32)NN)cc1. The van der Waals surface area contributed by atoms with Crippen molar-refractivity contribution in [3.8, 4) is 0 Å². The molecule has 3 rings (SSSR count). The lowest BCUT2D eigenvalue weighted by Crippen LogP contribution is -2.31. The highest BCUT2D eigenvalue weighted by Gasteiger charge is 2.24. The molecule has 0 aliphatic carbocycles. The molecule has 0 spiro atoms. The Bertz CT molecular complexity index is 594. The molecule has 2 atom stereocenters. The highest BCUT2D eigenvalue weighted by molar-refractivity contribution is 5.32. The van der Waals surface area contributed by atoms with E-state index in [1.54, 1.807) is 0 Å². The first-order chi connectivity index (χ1) is 10.3. The molecule has 2 unspecified atom stereocenters. The second-order valence-corrected chi connectivity index (χ2v) is 5.67. The van der Waals surface area contributed by atoms with Gasteiger partial charge in [-0.15, -0.1) is 0 Å². The summed E-state index contributed by atoms with van der Waals surface area (Å²) in [6.45, 7) is 2.88. The quantitative estimate of drug-likeness (QED) is 0.668. The van der Waals surface area contributed by atoms with E-state index in [0.717, 1.165) is 19.4 Å². The molecule has 3 heteroatoms. The smallest absolute Gasteiger partial charge is 0.0846 e. The molecular formula is C18H22N2O. The van der Waals surface area contributed by atoms with E-state index in [0.29, 0.717) is 0 Å². The van der Waals surface area contributed by atoms with Crippen molar-refractivity contribution in [2.75, 3.05) is 6.61 Å². The molecule has 110 valence electrons. The molecule has 0 fully saturated rings. The van der Waals surface area contributed by atoms with E-state index in [2.05, 4.69) is 60.9 Å². The Balaban J connectivity index is 1.80. The highest BCUT2D eigenvalue weighted by Crippen LogP contribution is 2.34. The molecule has 1 aliphatic heterocycles. The number of hydrogen-bond acceptors (Lipinski definition) is 3. The molecule has 1 aliphatic rings. The summed E-state index contributed by atoms with van der Waals surface area (Å²) in [5.41, 5.74) is 8.10. The number of fused-ring (bicyclic) bond motifs is 1. The third-order valence-electron chi connectivity index (χ3n) is 4.22. The molecular weight excluding hydrogens is 260 g/mol. The van der Waals surface area contributed by atoms with Crippen LogP contribution in [0.3, 0.4) is 0 Å². The Morgan fingerprint density at radius 3 is 2.71 bits per heavy atom. The Hall–Kier alpha value is -1.68. The molecule has 0 amide bonds. The zero-order valence-corrected chi connectivity index (χ0v) is 12.4. The lowest BCUT2D eigenvalue weighted by Gasteiger charge is -2.29. The van der Waals surface area contributed by atoms with Crippen LogP contribution in [0.5, 0.6) is 0 Å². The number of ether oxygens (including phenoxy) is 1. The molecule has 21 heavy (non-hydrogen) atoms. The number of nitrogens with two attached hydrogens (primary N) is 1. The Morgan fingerprint density at radius 2 is 1.95 bits per heavy atom. The monoisotopic (exact) mass is 282 g/mol. The summed E-state index contributed by atoms with van der Waals surface area (Å²) in [6.07, 6.45) is 1.95. The number of aryl methyl sites for hydroxylation is 1. The molecule has 3 nitrogen and oxygen atoms in total. The average molecular weight is 282 g/mol. The van der Waals surface area contributed by atoms with Gasteiger partial charge in [-0.05, 0) is 36.5 Å². The van der Waals surface area contributed by atoms with E-state index < -0.39 is 0 Å². The summed E-state index contributed by atoms with van der Waals surface area (Å²) in [4.78, 5) is 0. The van der Waals surface area contributed by atoms with Gasteiger partial charge >= 0.3 is 0 Å².